The van der Waals surface area contributed by atoms with Gasteiger partial charge in [-0.05, 0) is 25.8 Å². The van der Waals surface area contributed by atoms with Crippen LogP contribution in [0.15, 0.2) is 12.4 Å². The Kier molecular flexibility index (Phi) is 5.61. The zero-order valence-corrected chi connectivity index (χ0v) is 13.2. The molecule has 1 aromatic heterocycles. The van der Waals surface area contributed by atoms with Crippen LogP contribution in [-0.2, 0) is 11.8 Å². The molecule has 0 aliphatic heterocycles. The second kappa shape index (κ2) is 7.23. The van der Waals surface area contributed by atoms with Crippen LogP contribution < -0.4 is 5.32 Å². The first kappa shape index (κ1) is 15.5. The summed E-state index contributed by atoms with van der Waals surface area (Å²) >= 11 is 0. The highest BCUT2D eigenvalue weighted by Gasteiger charge is 2.40. The normalized spacial score (nSPS) is 20.6. The Hall–Kier alpha value is -0.870. The molecule has 0 aromatic carbocycles. The van der Waals surface area contributed by atoms with Gasteiger partial charge in [0.1, 0.15) is 0 Å². The van der Waals surface area contributed by atoms with E-state index < -0.39 is 0 Å². The Balaban J connectivity index is 2.26. The van der Waals surface area contributed by atoms with E-state index in [2.05, 4.69) is 23.5 Å². The fourth-order valence-corrected chi connectivity index (χ4v) is 3.42. The zero-order chi connectivity index (χ0) is 14.4. The topological polar surface area (TPSA) is 39.1 Å². The van der Waals surface area contributed by atoms with Crippen LogP contribution in [0, 0.1) is 0 Å². The number of ether oxygens (including phenoxy) is 1. The lowest BCUT2D eigenvalue weighted by Crippen LogP contribution is -2.45. The minimum absolute atomic E-state index is 0.0747. The van der Waals surface area contributed by atoms with E-state index in [1.807, 2.05) is 25.0 Å². The van der Waals surface area contributed by atoms with Gasteiger partial charge in [0, 0.05) is 25.9 Å². The van der Waals surface area contributed by atoms with Crippen LogP contribution in [0.3, 0.4) is 0 Å². The molecule has 20 heavy (non-hydrogen) atoms. The van der Waals surface area contributed by atoms with Gasteiger partial charge in [0.15, 0.2) is 0 Å². The Labute approximate surface area is 122 Å². The first-order chi connectivity index (χ1) is 9.72. The summed E-state index contributed by atoms with van der Waals surface area (Å²) in [7, 11) is 3.86. The lowest BCUT2D eigenvalue weighted by molar-refractivity contribution is -0.0540. The second-order valence-corrected chi connectivity index (χ2v) is 6.02. The molecular weight excluding hydrogens is 250 g/mol. The summed E-state index contributed by atoms with van der Waals surface area (Å²) in [4.78, 5) is 0. The molecule has 0 saturated heterocycles. The van der Waals surface area contributed by atoms with Crippen LogP contribution in [0.5, 0.6) is 0 Å². The average Bonchev–Trinajstić information content (AvgIpc) is 2.75. The molecular formula is C16H29N3O. The predicted molar refractivity (Wildman–Crippen MR) is 81.7 cm³/mol. The van der Waals surface area contributed by atoms with Crippen LogP contribution in [0.25, 0.3) is 0 Å². The highest BCUT2D eigenvalue weighted by Crippen LogP contribution is 2.40. The van der Waals surface area contributed by atoms with Crippen molar-refractivity contribution in [2.24, 2.45) is 7.05 Å². The van der Waals surface area contributed by atoms with Gasteiger partial charge < -0.3 is 10.1 Å². The van der Waals surface area contributed by atoms with E-state index in [9.17, 15) is 0 Å². The van der Waals surface area contributed by atoms with Crippen molar-refractivity contribution in [1.82, 2.24) is 15.1 Å². The van der Waals surface area contributed by atoms with Crippen LogP contribution in [0.2, 0.25) is 0 Å². The van der Waals surface area contributed by atoms with E-state index in [-0.39, 0.29) is 11.6 Å². The molecule has 1 fully saturated rings. The highest BCUT2D eigenvalue weighted by molar-refractivity contribution is 5.16. The lowest BCUT2D eigenvalue weighted by Gasteiger charge is -2.39. The lowest BCUT2D eigenvalue weighted by atomic mass is 9.83. The van der Waals surface area contributed by atoms with Gasteiger partial charge in [-0.25, -0.2) is 0 Å². The number of hydrogen-bond acceptors (Lipinski definition) is 3. The quantitative estimate of drug-likeness (QED) is 0.813. The molecule has 2 rings (SSSR count). The molecule has 1 aromatic rings. The number of nitrogens with one attached hydrogen (secondary N) is 1. The summed E-state index contributed by atoms with van der Waals surface area (Å²) in [6.45, 7) is 3.23. The van der Waals surface area contributed by atoms with Gasteiger partial charge in [0.05, 0.1) is 17.8 Å². The van der Waals surface area contributed by atoms with Gasteiger partial charge in [-0.2, -0.15) is 5.10 Å². The number of aryl methyl sites for hydroxylation is 1. The van der Waals surface area contributed by atoms with E-state index in [0.29, 0.717) is 0 Å². The Morgan fingerprint density at radius 2 is 2.05 bits per heavy atom. The van der Waals surface area contributed by atoms with E-state index in [4.69, 9.17) is 4.74 Å². The van der Waals surface area contributed by atoms with Crippen molar-refractivity contribution in [1.29, 1.82) is 0 Å². The maximum Gasteiger partial charge on any atom is 0.0873 e. The summed E-state index contributed by atoms with van der Waals surface area (Å²) in [6.07, 6.45) is 12.7. The molecule has 1 N–H and O–H groups in total. The van der Waals surface area contributed by atoms with Crippen LogP contribution in [0.4, 0.5) is 0 Å². The summed E-state index contributed by atoms with van der Waals surface area (Å²) < 4.78 is 7.97. The van der Waals surface area contributed by atoms with Crippen LogP contribution >= 0.6 is 0 Å². The van der Waals surface area contributed by atoms with Crippen molar-refractivity contribution >= 4 is 0 Å². The third-order valence-corrected chi connectivity index (χ3v) is 4.54. The monoisotopic (exact) mass is 279 g/mol. The molecule has 1 heterocycles. The molecule has 0 bridgehead atoms. The fraction of sp³-hybridized carbons (Fsp3) is 0.812. The van der Waals surface area contributed by atoms with E-state index in [1.165, 1.54) is 31.2 Å². The van der Waals surface area contributed by atoms with Crippen molar-refractivity contribution in [3.8, 4) is 0 Å². The van der Waals surface area contributed by atoms with Gasteiger partial charge in [0.25, 0.3) is 0 Å². The number of aromatic nitrogens is 2. The summed E-state index contributed by atoms with van der Waals surface area (Å²) in [5.74, 6) is 0. The second-order valence-electron chi connectivity index (χ2n) is 6.02. The molecule has 0 amide bonds. The maximum absolute atomic E-state index is 6.08. The number of methoxy groups -OCH3 is 1. The number of rotatable bonds is 6. The Morgan fingerprint density at radius 3 is 2.55 bits per heavy atom. The van der Waals surface area contributed by atoms with Gasteiger partial charge in [-0.1, -0.05) is 32.6 Å². The molecule has 1 unspecified atom stereocenters. The third kappa shape index (κ3) is 3.41. The standard InChI is InChI=1S/C16H29N3O/c1-4-11-17-15(14-12-18-19(2)13-14)16(20-3)9-7-5-6-8-10-16/h12-13,15,17H,4-11H2,1-3H3. The van der Waals surface area contributed by atoms with Gasteiger partial charge in [-0.3, -0.25) is 4.68 Å². The first-order valence-electron chi connectivity index (χ1n) is 7.99. The van der Waals surface area contributed by atoms with Crippen molar-refractivity contribution in [2.75, 3.05) is 13.7 Å². The molecule has 4 heteroatoms. The van der Waals surface area contributed by atoms with Crippen molar-refractivity contribution in [3.05, 3.63) is 18.0 Å². The highest BCUT2D eigenvalue weighted by atomic mass is 16.5. The molecule has 114 valence electrons. The SMILES string of the molecule is CCCNC(c1cnn(C)c1)C1(OC)CCCCCC1. The molecule has 1 atom stereocenters. The third-order valence-electron chi connectivity index (χ3n) is 4.54. The fourth-order valence-electron chi connectivity index (χ4n) is 3.42. The van der Waals surface area contributed by atoms with Gasteiger partial charge >= 0.3 is 0 Å². The van der Waals surface area contributed by atoms with Crippen LogP contribution in [0.1, 0.15) is 63.5 Å². The molecule has 1 aliphatic carbocycles. The number of hydrogen-bond donors (Lipinski definition) is 1. The van der Waals surface area contributed by atoms with E-state index in [1.54, 1.807) is 0 Å². The van der Waals surface area contributed by atoms with E-state index >= 15 is 0 Å². The number of nitrogens with zero attached hydrogens (tertiary/aromatic N) is 2. The minimum Gasteiger partial charge on any atom is -0.376 e. The largest absolute Gasteiger partial charge is 0.376 e. The average molecular weight is 279 g/mol. The first-order valence-corrected chi connectivity index (χ1v) is 7.99. The molecule has 4 nitrogen and oxygen atoms in total. The Bertz CT molecular complexity index is 394. The zero-order valence-electron chi connectivity index (χ0n) is 13.2. The summed E-state index contributed by atoms with van der Waals surface area (Å²) in [5.41, 5.74) is 1.18. The van der Waals surface area contributed by atoms with Gasteiger partial charge in [-0.15, -0.1) is 0 Å². The molecule has 0 spiro atoms. The Morgan fingerprint density at radius 1 is 1.35 bits per heavy atom. The van der Waals surface area contributed by atoms with Crippen LogP contribution in [-0.4, -0.2) is 29.0 Å². The molecule has 1 saturated carbocycles. The van der Waals surface area contributed by atoms with Gasteiger partial charge in [0.2, 0.25) is 0 Å². The van der Waals surface area contributed by atoms with Crippen molar-refractivity contribution < 1.29 is 4.74 Å². The van der Waals surface area contributed by atoms with Crippen molar-refractivity contribution in [3.63, 3.8) is 0 Å². The summed E-state index contributed by atoms with van der Waals surface area (Å²) in [6, 6.07) is 0.249. The predicted octanol–water partition coefficient (Wildman–Crippen LogP) is 3.20. The van der Waals surface area contributed by atoms with E-state index in [0.717, 1.165) is 25.8 Å². The molecule has 1 aliphatic rings. The molecule has 0 radical (unpaired) electrons. The smallest absolute Gasteiger partial charge is 0.0873 e. The maximum atomic E-state index is 6.08. The van der Waals surface area contributed by atoms with Crippen molar-refractivity contribution in [2.45, 2.75) is 63.5 Å². The minimum atomic E-state index is -0.0747. The summed E-state index contributed by atoms with van der Waals surface area (Å²) in [5, 5.41) is 8.06.